The molecule has 1 N–H and O–H groups in total. The number of piperidine rings is 1. The lowest BCUT2D eigenvalue weighted by molar-refractivity contribution is 0.211. The topological polar surface area (TPSA) is 41.1 Å². The Morgan fingerprint density at radius 1 is 1.38 bits per heavy atom. The zero-order valence-electron chi connectivity index (χ0n) is 18.5. The van der Waals surface area contributed by atoms with Crippen LogP contribution in [0.1, 0.15) is 23.9 Å². The Labute approximate surface area is 172 Å². The number of benzene rings is 1. The number of likely N-dealkylation sites (tertiary alicyclic amines) is 1. The quantitative estimate of drug-likeness (QED) is 0.634. The number of aromatic nitrogens is 2. The molecule has 3 aromatic rings. The van der Waals surface area contributed by atoms with Crippen molar-refractivity contribution in [1.29, 1.82) is 0 Å². The van der Waals surface area contributed by atoms with Crippen LogP contribution in [-0.4, -0.2) is 34.0 Å². The van der Waals surface area contributed by atoms with Crippen molar-refractivity contribution < 1.29 is 11.3 Å². The molecule has 0 bridgehead atoms. The first-order valence-corrected chi connectivity index (χ1v) is 9.51. The number of thiophene rings is 1. The molecule has 0 radical (unpaired) electrons. The van der Waals surface area contributed by atoms with Crippen LogP contribution in [0.4, 0.5) is 10.2 Å². The largest absolute Gasteiger partial charge is 0.367 e. The molecule has 1 aromatic carbocycles. The number of rotatable bonds is 4. The summed E-state index contributed by atoms with van der Waals surface area (Å²) in [5.74, 6) is -0.505. The summed E-state index contributed by atoms with van der Waals surface area (Å²) in [7, 11) is 0. The fraction of sp³-hybridized carbons (Fsp3) is 0.333. The van der Waals surface area contributed by atoms with Crippen molar-refractivity contribution >= 4 is 50.6 Å². The Morgan fingerprint density at radius 2 is 2.19 bits per heavy atom. The third-order valence-corrected chi connectivity index (χ3v) is 5.32. The van der Waals surface area contributed by atoms with Crippen LogP contribution in [0, 0.1) is 5.82 Å². The molecule has 4 nitrogen and oxygen atoms in total. The minimum absolute atomic E-state index is 0.00550. The predicted molar refractivity (Wildman–Crippen MR) is 106 cm³/mol. The number of nitrogens with zero attached hydrogens (tertiary/aromatic N) is 3. The molecule has 0 spiro atoms. The molecule has 1 unspecified atom stereocenters. The van der Waals surface area contributed by atoms with Crippen molar-refractivity contribution in [2.45, 2.75) is 25.4 Å². The summed E-state index contributed by atoms with van der Waals surface area (Å²) in [6, 6.07) is 2.59. The van der Waals surface area contributed by atoms with E-state index in [0.29, 0.717) is 23.5 Å². The molecule has 0 saturated carbocycles. The molecule has 8 heteroatoms. The second-order valence-electron chi connectivity index (χ2n) is 5.87. The normalized spacial score (nSPS) is 21.4. The van der Waals surface area contributed by atoms with E-state index in [0.717, 1.165) is 16.6 Å². The number of hydrogen-bond acceptors (Lipinski definition) is 5. The zero-order valence-corrected chi connectivity index (χ0v) is 15.8. The van der Waals surface area contributed by atoms with Crippen molar-refractivity contribution in [3.8, 4) is 0 Å². The van der Waals surface area contributed by atoms with Gasteiger partial charge in [0, 0.05) is 32.0 Å². The highest BCUT2D eigenvalue weighted by Gasteiger charge is 2.21. The van der Waals surface area contributed by atoms with Gasteiger partial charge in [0.1, 0.15) is 24.1 Å². The molecule has 1 atom stereocenters. The van der Waals surface area contributed by atoms with E-state index in [1.165, 1.54) is 12.1 Å². The smallest absolute Gasteiger partial charge is 0.162 e. The third kappa shape index (κ3) is 4.09. The summed E-state index contributed by atoms with van der Waals surface area (Å²) in [5.41, 5.74) is 0.424. The van der Waals surface area contributed by atoms with Gasteiger partial charge in [0.25, 0.3) is 0 Å². The van der Waals surface area contributed by atoms with Gasteiger partial charge in [-0.1, -0.05) is 23.2 Å². The van der Waals surface area contributed by atoms with Gasteiger partial charge in [0.2, 0.25) is 0 Å². The average Bonchev–Trinajstić information content (AvgIpc) is 2.99. The summed E-state index contributed by atoms with van der Waals surface area (Å²) in [4.78, 5) is 10.1. The first-order chi connectivity index (χ1) is 14.6. The van der Waals surface area contributed by atoms with E-state index < -0.39 is 18.4 Å². The van der Waals surface area contributed by atoms with E-state index >= 15 is 0 Å². The van der Waals surface area contributed by atoms with Crippen LogP contribution < -0.4 is 5.31 Å². The van der Waals surface area contributed by atoms with Gasteiger partial charge in [-0.05, 0) is 42.6 Å². The van der Waals surface area contributed by atoms with Crippen molar-refractivity contribution in [3.05, 3.63) is 51.3 Å². The molecule has 2 aromatic heterocycles. The van der Waals surface area contributed by atoms with E-state index in [-0.39, 0.29) is 45.8 Å². The Bertz CT molecular complexity index is 1120. The summed E-state index contributed by atoms with van der Waals surface area (Å²) in [5, 5.41) is 1.39. The number of anilines is 1. The molecule has 0 amide bonds. The van der Waals surface area contributed by atoms with Gasteiger partial charge in [-0.15, -0.1) is 11.3 Å². The fourth-order valence-corrected chi connectivity index (χ4v) is 4.03. The van der Waals surface area contributed by atoms with E-state index in [4.69, 9.17) is 30.1 Å². The van der Waals surface area contributed by atoms with Gasteiger partial charge in [-0.25, -0.2) is 14.4 Å². The molecule has 1 aliphatic rings. The maximum Gasteiger partial charge on any atom is 0.162 e. The minimum Gasteiger partial charge on any atom is -0.367 e. The lowest BCUT2D eigenvalue weighted by Crippen LogP contribution is -2.38. The zero-order chi connectivity index (χ0) is 22.5. The molecular weight excluding hydrogens is 394 g/mol. The first kappa shape index (κ1) is 12.8. The lowest BCUT2D eigenvalue weighted by Gasteiger charge is -2.32. The maximum atomic E-state index is 13.7. The number of hydrogen-bond donors (Lipinski definition) is 1. The minimum atomic E-state index is -1.38. The van der Waals surface area contributed by atoms with Crippen molar-refractivity contribution in [2.24, 2.45) is 0 Å². The SMILES string of the molecule is [2H]c1nc(N([2H])C2([2H])CCN(C([2H])c3cc(F)cc(Cl)c3)CC2)c2c([2H])c(Cl)sc2n1. The van der Waals surface area contributed by atoms with Crippen LogP contribution in [0.25, 0.3) is 10.2 Å². The Balaban J connectivity index is 1.57. The Kier molecular flexibility index (Phi) is 3.77. The van der Waals surface area contributed by atoms with Gasteiger partial charge >= 0.3 is 0 Å². The van der Waals surface area contributed by atoms with Gasteiger partial charge in [-0.2, -0.15) is 0 Å². The Hall–Kier alpha value is -1.47. The van der Waals surface area contributed by atoms with Crippen molar-refractivity contribution in [1.82, 2.24) is 14.9 Å². The molecular formula is C18H17Cl2FN4S. The summed E-state index contributed by atoms with van der Waals surface area (Å²) >= 11 is 13.0. The molecule has 4 rings (SSSR count). The molecule has 1 fully saturated rings. The number of halogens is 3. The van der Waals surface area contributed by atoms with Gasteiger partial charge < -0.3 is 5.31 Å². The van der Waals surface area contributed by atoms with Crippen LogP contribution in [0.3, 0.4) is 0 Å². The van der Waals surface area contributed by atoms with Crippen LogP contribution >= 0.6 is 34.5 Å². The summed E-state index contributed by atoms with van der Waals surface area (Å²) in [6.45, 7) is -0.208. The molecule has 1 saturated heterocycles. The second kappa shape index (κ2) is 7.64. The summed E-state index contributed by atoms with van der Waals surface area (Å²) in [6.07, 6.45) is 0.102. The third-order valence-electron chi connectivity index (χ3n) is 4.01. The van der Waals surface area contributed by atoms with Crippen LogP contribution in [0.15, 0.2) is 30.5 Å². The van der Waals surface area contributed by atoms with E-state index in [1.54, 1.807) is 11.0 Å². The lowest BCUT2D eigenvalue weighted by atomic mass is 10.0. The monoisotopic (exact) mass is 415 g/mol. The van der Waals surface area contributed by atoms with Gasteiger partial charge in [0.05, 0.1) is 12.5 Å². The molecule has 26 heavy (non-hydrogen) atoms. The highest BCUT2D eigenvalue weighted by molar-refractivity contribution is 7.22. The Morgan fingerprint density at radius 3 is 2.96 bits per heavy atom. The maximum absolute atomic E-state index is 13.7. The van der Waals surface area contributed by atoms with Crippen LogP contribution in [0.5, 0.6) is 0 Å². The van der Waals surface area contributed by atoms with Gasteiger partial charge in [0.15, 0.2) is 1.41 Å². The van der Waals surface area contributed by atoms with E-state index in [1.807, 2.05) is 0 Å². The van der Waals surface area contributed by atoms with Crippen LogP contribution in [-0.2, 0) is 6.52 Å². The highest BCUT2D eigenvalue weighted by Crippen LogP contribution is 2.32. The fourth-order valence-electron chi connectivity index (χ4n) is 2.83. The molecule has 136 valence electrons. The van der Waals surface area contributed by atoms with Crippen molar-refractivity contribution in [2.75, 3.05) is 18.4 Å². The van der Waals surface area contributed by atoms with Crippen LogP contribution in [0.2, 0.25) is 10.8 Å². The standard InChI is InChI=1S/C18H17Cl2FN4S/c19-12-5-11(6-13(21)7-12)9-25-3-1-14(2-4-25)24-17-15-8-16(20)26-18(15)23-10-22-17/h5-8,10,14H,1-4,9H2,(H,22,23,24)/i8D,9D,10D,14D/hD. The number of fused-ring (bicyclic) bond motifs is 1. The first-order valence-electron chi connectivity index (χ1n) is 10.5. The average molecular weight is 416 g/mol. The second-order valence-corrected chi connectivity index (χ2v) is 7.91. The number of nitrogens with one attached hydrogen (secondary N) is 1. The molecule has 0 aliphatic carbocycles. The van der Waals surface area contributed by atoms with Gasteiger partial charge in [-0.3, -0.25) is 4.90 Å². The molecule has 3 heterocycles. The molecule has 1 aliphatic heterocycles. The van der Waals surface area contributed by atoms with E-state index in [2.05, 4.69) is 9.97 Å². The summed E-state index contributed by atoms with van der Waals surface area (Å²) < 4.78 is 55.7. The van der Waals surface area contributed by atoms with E-state index in [9.17, 15) is 4.39 Å². The highest BCUT2D eigenvalue weighted by atomic mass is 35.5. The van der Waals surface area contributed by atoms with Crippen molar-refractivity contribution in [3.63, 3.8) is 0 Å². The predicted octanol–water partition coefficient (Wildman–Crippen LogP) is 5.21.